The van der Waals surface area contributed by atoms with Gasteiger partial charge >= 0.3 is 0 Å². The molecule has 2 heterocycles. The lowest BCUT2D eigenvalue weighted by atomic mass is 9.79. The van der Waals surface area contributed by atoms with Gasteiger partial charge < -0.3 is 5.32 Å². The van der Waals surface area contributed by atoms with Crippen LogP contribution >= 0.6 is 34.8 Å². The maximum atomic E-state index is 9.05. The number of H-pyrrole nitrogens is 1. The van der Waals surface area contributed by atoms with E-state index in [9.17, 15) is 0 Å². The lowest BCUT2D eigenvalue weighted by Gasteiger charge is -2.41. The van der Waals surface area contributed by atoms with E-state index in [1.165, 1.54) is 0 Å². The molecule has 4 nitrogen and oxygen atoms in total. The fraction of sp³-hybridized carbons (Fsp3) is 0.600. The average molecular weight is 364 g/mol. The first-order valence-corrected chi connectivity index (χ1v) is 8.31. The number of quaternary nitrogens is 1. The Kier molecular flexibility index (Phi) is 4.85. The zero-order valence-corrected chi connectivity index (χ0v) is 15.4. The predicted molar refractivity (Wildman–Crippen MR) is 89.5 cm³/mol. The molecular formula is C15H21Cl3N4+2. The van der Waals surface area contributed by atoms with Gasteiger partial charge in [-0.05, 0) is 39.3 Å². The van der Waals surface area contributed by atoms with Gasteiger partial charge in [-0.1, -0.05) is 23.2 Å². The molecule has 0 spiro atoms. The molecule has 0 aliphatic carbocycles. The summed E-state index contributed by atoms with van der Waals surface area (Å²) in [5.74, 6) is 0.564. The zero-order chi connectivity index (χ0) is 16.7. The quantitative estimate of drug-likeness (QED) is 0.793. The van der Waals surface area contributed by atoms with Gasteiger partial charge in [0.2, 0.25) is 5.15 Å². The SMILES string of the molecule is CC1(C)CC(Nc2[nH+]c(Cl)c(C#N)c(Cl)c2Cl)CC(C)(C)[NH2+]1. The number of pyridine rings is 1. The van der Waals surface area contributed by atoms with Crippen LogP contribution in [0, 0.1) is 11.3 Å². The second-order valence-electron chi connectivity index (χ2n) is 7.30. The monoisotopic (exact) mass is 362 g/mol. The van der Waals surface area contributed by atoms with E-state index in [0.717, 1.165) is 12.8 Å². The highest BCUT2D eigenvalue weighted by atomic mass is 35.5. The summed E-state index contributed by atoms with van der Waals surface area (Å²) in [6.07, 6.45) is 1.96. The second-order valence-corrected chi connectivity index (χ2v) is 8.43. The van der Waals surface area contributed by atoms with Gasteiger partial charge in [0.05, 0.1) is 16.1 Å². The largest absolute Gasteiger partial charge is 0.337 e. The van der Waals surface area contributed by atoms with Crippen molar-refractivity contribution in [3.8, 4) is 6.07 Å². The van der Waals surface area contributed by atoms with Gasteiger partial charge in [0.25, 0.3) is 5.82 Å². The molecule has 0 atom stereocenters. The standard InChI is InChI=1S/C15H19Cl3N4/c1-14(2)5-8(6-15(3,4)22-14)20-13-11(17)10(16)9(7-19)12(18)21-13/h8,22H,5-6H2,1-4H3,(H,20,21)/p+2. The number of nitrogens with two attached hydrogens (primary N) is 1. The number of nitrogens with one attached hydrogen (secondary N) is 2. The summed E-state index contributed by atoms with van der Waals surface area (Å²) in [6.45, 7) is 8.92. The molecule has 0 aromatic carbocycles. The van der Waals surface area contributed by atoms with Crippen molar-refractivity contribution in [2.45, 2.75) is 57.7 Å². The number of hydrogen-bond donors (Lipinski definition) is 2. The van der Waals surface area contributed by atoms with Gasteiger partial charge in [-0.2, -0.15) is 5.26 Å². The van der Waals surface area contributed by atoms with Gasteiger partial charge in [-0.3, -0.25) is 5.32 Å². The Bertz CT molecular complexity index is 619. The van der Waals surface area contributed by atoms with Gasteiger partial charge in [-0.25, -0.2) is 4.98 Å². The number of aromatic nitrogens is 1. The van der Waals surface area contributed by atoms with Crippen LogP contribution in [0.2, 0.25) is 15.2 Å². The van der Waals surface area contributed by atoms with E-state index >= 15 is 0 Å². The lowest BCUT2D eigenvalue weighted by molar-refractivity contribution is -0.787. The fourth-order valence-corrected chi connectivity index (χ4v) is 4.27. The molecule has 0 saturated carbocycles. The van der Waals surface area contributed by atoms with Gasteiger partial charge in [-0.15, -0.1) is 0 Å². The first-order chi connectivity index (χ1) is 10.0. The van der Waals surface area contributed by atoms with Crippen molar-refractivity contribution in [3.63, 3.8) is 0 Å². The maximum absolute atomic E-state index is 9.05. The Morgan fingerprint density at radius 3 is 2.18 bits per heavy atom. The molecule has 1 aromatic heterocycles. The minimum absolute atomic E-state index is 0.131. The van der Waals surface area contributed by atoms with E-state index in [2.05, 4.69) is 43.3 Å². The average Bonchev–Trinajstić information content (AvgIpc) is 2.32. The van der Waals surface area contributed by atoms with Crippen LogP contribution in [0.5, 0.6) is 0 Å². The molecule has 1 fully saturated rings. The summed E-state index contributed by atoms with van der Waals surface area (Å²) in [4.78, 5) is 2.94. The summed E-state index contributed by atoms with van der Waals surface area (Å²) < 4.78 is 0. The predicted octanol–water partition coefficient (Wildman–Crippen LogP) is 3.03. The highest BCUT2D eigenvalue weighted by Gasteiger charge is 2.44. The number of nitrogens with zero attached hydrogens (tertiary/aromatic N) is 1. The smallest absolute Gasteiger partial charge is 0.294 e. The van der Waals surface area contributed by atoms with E-state index in [4.69, 9.17) is 40.1 Å². The zero-order valence-electron chi connectivity index (χ0n) is 13.2. The highest BCUT2D eigenvalue weighted by Crippen LogP contribution is 2.34. The van der Waals surface area contributed by atoms with E-state index < -0.39 is 0 Å². The van der Waals surface area contributed by atoms with Gasteiger partial charge in [0.15, 0.2) is 0 Å². The maximum Gasteiger partial charge on any atom is 0.294 e. The van der Waals surface area contributed by atoms with Crippen LogP contribution in [0.4, 0.5) is 5.82 Å². The molecule has 22 heavy (non-hydrogen) atoms. The molecule has 2 rings (SSSR count). The molecule has 0 radical (unpaired) electrons. The Balaban J connectivity index is 2.30. The van der Waals surface area contributed by atoms with Crippen molar-refractivity contribution in [1.82, 2.24) is 0 Å². The van der Waals surface area contributed by atoms with Crippen molar-refractivity contribution in [2.75, 3.05) is 5.32 Å². The van der Waals surface area contributed by atoms with E-state index in [0.29, 0.717) is 10.8 Å². The molecule has 1 aliphatic heterocycles. The Morgan fingerprint density at radius 1 is 1.14 bits per heavy atom. The van der Waals surface area contributed by atoms with Gasteiger partial charge in [0, 0.05) is 12.8 Å². The topological polar surface area (TPSA) is 66.6 Å². The number of anilines is 1. The van der Waals surface area contributed by atoms with Gasteiger partial charge in [0.1, 0.15) is 22.7 Å². The van der Waals surface area contributed by atoms with Crippen LogP contribution in [-0.2, 0) is 0 Å². The first-order valence-electron chi connectivity index (χ1n) is 7.18. The highest BCUT2D eigenvalue weighted by molar-refractivity contribution is 6.45. The summed E-state index contributed by atoms with van der Waals surface area (Å²) >= 11 is 18.5. The molecule has 4 N–H and O–H groups in total. The van der Waals surface area contributed by atoms with E-state index in [-0.39, 0.29) is 32.9 Å². The molecule has 1 aliphatic rings. The third-order valence-electron chi connectivity index (χ3n) is 3.87. The molecule has 0 amide bonds. The van der Waals surface area contributed by atoms with E-state index in [1.807, 2.05) is 6.07 Å². The Hall–Kier alpha value is -0.730. The van der Waals surface area contributed by atoms with Crippen molar-refractivity contribution in [1.29, 1.82) is 5.26 Å². The fourth-order valence-electron chi connectivity index (χ4n) is 3.56. The normalized spacial score (nSPS) is 20.5. The lowest BCUT2D eigenvalue weighted by Crippen LogP contribution is -3.06. The number of nitriles is 1. The minimum Gasteiger partial charge on any atom is -0.337 e. The Labute approximate surface area is 146 Å². The Morgan fingerprint density at radius 2 is 1.68 bits per heavy atom. The third-order valence-corrected chi connectivity index (χ3v) is 5.01. The van der Waals surface area contributed by atoms with Crippen molar-refractivity contribution in [2.24, 2.45) is 0 Å². The third kappa shape index (κ3) is 3.78. The molecule has 120 valence electrons. The van der Waals surface area contributed by atoms with Crippen molar-refractivity contribution < 1.29 is 10.3 Å². The van der Waals surface area contributed by atoms with Crippen LogP contribution in [0.15, 0.2) is 0 Å². The molecule has 1 aromatic rings. The van der Waals surface area contributed by atoms with E-state index in [1.54, 1.807) is 0 Å². The molecule has 1 saturated heterocycles. The number of halogens is 3. The number of rotatable bonds is 2. The van der Waals surface area contributed by atoms with Crippen molar-refractivity contribution >= 4 is 40.6 Å². The molecular weight excluding hydrogens is 343 g/mol. The molecule has 0 unspecified atom stereocenters. The van der Waals surface area contributed by atoms with Crippen LogP contribution in [0.1, 0.15) is 46.1 Å². The summed E-state index contributed by atoms with van der Waals surface area (Å²) in [5, 5.41) is 15.5. The van der Waals surface area contributed by atoms with Crippen molar-refractivity contribution in [3.05, 3.63) is 20.8 Å². The number of piperidine rings is 1. The first kappa shape index (κ1) is 17.6. The van der Waals surface area contributed by atoms with Crippen LogP contribution < -0.4 is 15.6 Å². The summed E-state index contributed by atoms with van der Waals surface area (Å²) in [5.41, 5.74) is 0.426. The minimum atomic E-state index is 0.131. The second kappa shape index (κ2) is 6.05. The molecule has 7 heteroatoms. The summed E-state index contributed by atoms with van der Waals surface area (Å²) in [6, 6.07) is 2.19. The van der Waals surface area contributed by atoms with Crippen LogP contribution in [0.3, 0.4) is 0 Å². The summed E-state index contributed by atoms with van der Waals surface area (Å²) in [7, 11) is 0. The van der Waals surface area contributed by atoms with Crippen LogP contribution in [-0.4, -0.2) is 17.1 Å². The number of aromatic amines is 1. The molecule has 0 bridgehead atoms. The van der Waals surface area contributed by atoms with Crippen LogP contribution in [0.25, 0.3) is 0 Å². The number of hydrogen-bond acceptors (Lipinski definition) is 2.